The molecule has 1 rings (SSSR count). The topological polar surface area (TPSA) is 20.3 Å². The maximum absolute atomic E-state index is 12.8. The van der Waals surface area contributed by atoms with Gasteiger partial charge in [0.15, 0.2) is 6.30 Å². The molecule has 3 heteroatoms. The van der Waals surface area contributed by atoms with Crippen LogP contribution in [-0.2, 0) is 4.79 Å². The summed E-state index contributed by atoms with van der Waals surface area (Å²) < 4.78 is 12.8. The second kappa shape index (κ2) is 2.56. The molecule has 0 aromatic heterocycles. The lowest BCUT2D eigenvalue weighted by Crippen LogP contribution is -2.30. The maximum Gasteiger partial charge on any atom is 0.221 e. The van der Waals surface area contributed by atoms with Crippen molar-refractivity contribution in [3.8, 4) is 0 Å². The van der Waals surface area contributed by atoms with Crippen molar-refractivity contribution in [3.05, 3.63) is 0 Å². The SMILES string of the molecule is CC(=O)N1C[C@H](C)C[C@H]1F. The Kier molecular flexibility index (Phi) is 1.92. The van der Waals surface area contributed by atoms with Crippen molar-refractivity contribution in [1.82, 2.24) is 4.90 Å². The van der Waals surface area contributed by atoms with Crippen LogP contribution in [0.5, 0.6) is 0 Å². The third-order valence-electron chi connectivity index (χ3n) is 1.85. The quantitative estimate of drug-likeness (QED) is 0.468. The standard InChI is InChI=1S/C7H12FNO/c1-5-3-7(8)9(4-5)6(2)10/h5,7H,3-4H2,1-2H3/t5-,7+/m1/s1. The van der Waals surface area contributed by atoms with Crippen LogP contribution in [0.4, 0.5) is 4.39 Å². The van der Waals surface area contributed by atoms with E-state index < -0.39 is 6.30 Å². The fourth-order valence-corrected chi connectivity index (χ4v) is 1.31. The van der Waals surface area contributed by atoms with Gasteiger partial charge in [-0.1, -0.05) is 6.92 Å². The highest BCUT2D eigenvalue weighted by molar-refractivity contribution is 5.73. The molecule has 0 radical (unpaired) electrons. The van der Waals surface area contributed by atoms with Gasteiger partial charge in [-0.25, -0.2) is 4.39 Å². The lowest BCUT2D eigenvalue weighted by Gasteiger charge is -2.15. The molecule has 0 saturated carbocycles. The monoisotopic (exact) mass is 145 g/mol. The molecular formula is C7H12FNO. The Morgan fingerprint density at radius 1 is 1.70 bits per heavy atom. The first kappa shape index (κ1) is 7.51. The van der Waals surface area contributed by atoms with E-state index in [0.29, 0.717) is 18.9 Å². The first-order chi connectivity index (χ1) is 4.61. The minimum atomic E-state index is -1.03. The molecule has 1 amide bonds. The number of hydrogen-bond acceptors (Lipinski definition) is 1. The van der Waals surface area contributed by atoms with Crippen molar-refractivity contribution in [2.45, 2.75) is 26.6 Å². The summed E-state index contributed by atoms with van der Waals surface area (Å²) in [7, 11) is 0. The fraction of sp³-hybridized carbons (Fsp3) is 0.857. The summed E-state index contributed by atoms with van der Waals surface area (Å²) in [6.45, 7) is 3.94. The lowest BCUT2D eigenvalue weighted by atomic mass is 10.2. The number of halogens is 1. The summed E-state index contributed by atoms with van der Waals surface area (Å²) in [5.74, 6) is 0.163. The van der Waals surface area contributed by atoms with Gasteiger partial charge >= 0.3 is 0 Å². The number of rotatable bonds is 0. The van der Waals surface area contributed by atoms with Crippen molar-refractivity contribution < 1.29 is 9.18 Å². The van der Waals surface area contributed by atoms with Gasteiger partial charge in [0.25, 0.3) is 0 Å². The Morgan fingerprint density at radius 2 is 2.30 bits per heavy atom. The van der Waals surface area contributed by atoms with Gasteiger partial charge in [0.1, 0.15) is 0 Å². The average molecular weight is 145 g/mol. The highest BCUT2D eigenvalue weighted by Gasteiger charge is 2.30. The molecule has 0 aromatic carbocycles. The molecule has 10 heavy (non-hydrogen) atoms. The van der Waals surface area contributed by atoms with Gasteiger partial charge in [0.05, 0.1) is 0 Å². The third kappa shape index (κ3) is 1.28. The zero-order valence-corrected chi connectivity index (χ0v) is 6.30. The lowest BCUT2D eigenvalue weighted by molar-refractivity contribution is -0.132. The minimum Gasteiger partial charge on any atom is -0.312 e. The third-order valence-corrected chi connectivity index (χ3v) is 1.85. The van der Waals surface area contributed by atoms with Crippen LogP contribution in [0.3, 0.4) is 0 Å². The largest absolute Gasteiger partial charge is 0.312 e. The van der Waals surface area contributed by atoms with E-state index in [1.807, 2.05) is 6.92 Å². The Bertz CT molecular complexity index is 149. The zero-order valence-electron chi connectivity index (χ0n) is 6.30. The van der Waals surface area contributed by atoms with E-state index in [-0.39, 0.29) is 5.91 Å². The smallest absolute Gasteiger partial charge is 0.221 e. The molecule has 0 aromatic rings. The Morgan fingerprint density at radius 3 is 2.50 bits per heavy atom. The summed E-state index contributed by atoms with van der Waals surface area (Å²) in [5, 5.41) is 0. The number of carbonyl (C=O) groups excluding carboxylic acids is 1. The van der Waals surface area contributed by atoms with Gasteiger partial charge < -0.3 is 4.90 Å². The van der Waals surface area contributed by atoms with E-state index in [1.54, 1.807) is 0 Å². The molecule has 0 bridgehead atoms. The van der Waals surface area contributed by atoms with Crippen molar-refractivity contribution in [2.75, 3.05) is 6.54 Å². The summed E-state index contributed by atoms with van der Waals surface area (Å²) in [4.78, 5) is 12.0. The predicted octanol–water partition coefficient (Wildman–Crippen LogP) is 1.17. The number of amides is 1. The number of carbonyl (C=O) groups is 1. The number of nitrogens with zero attached hydrogens (tertiary/aromatic N) is 1. The van der Waals surface area contributed by atoms with Crippen LogP contribution in [-0.4, -0.2) is 23.6 Å². The van der Waals surface area contributed by atoms with Crippen LogP contribution in [0.25, 0.3) is 0 Å². The van der Waals surface area contributed by atoms with E-state index >= 15 is 0 Å². The summed E-state index contributed by atoms with van der Waals surface area (Å²) in [5.41, 5.74) is 0. The zero-order chi connectivity index (χ0) is 7.72. The summed E-state index contributed by atoms with van der Waals surface area (Å²) in [6, 6.07) is 0. The second-order valence-electron chi connectivity index (χ2n) is 2.95. The van der Waals surface area contributed by atoms with Crippen LogP contribution in [0.1, 0.15) is 20.3 Å². The summed E-state index contributed by atoms with van der Waals surface area (Å²) in [6.07, 6.45) is -0.535. The van der Waals surface area contributed by atoms with E-state index in [4.69, 9.17) is 0 Å². The molecule has 1 aliphatic heterocycles. The number of hydrogen-bond donors (Lipinski definition) is 0. The van der Waals surface area contributed by atoms with E-state index in [2.05, 4.69) is 0 Å². The van der Waals surface area contributed by atoms with Gasteiger partial charge in [-0.05, 0) is 5.92 Å². The van der Waals surface area contributed by atoms with Crippen LogP contribution in [0.2, 0.25) is 0 Å². The Labute approximate surface area is 60.0 Å². The Hall–Kier alpha value is -0.600. The molecule has 58 valence electrons. The normalized spacial score (nSPS) is 32.9. The highest BCUT2D eigenvalue weighted by atomic mass is 19.1. The second-order valence-corrected chi connectivity index (χ2v) is 2.95. The molecule has 0 unspecified atom stereocenters. The molecule has 0 aliphatic carbocycles. The van der Waals surface area contributed by atoms with Gasteiger partial charge in [-0.15, -0.1) is 0 Å². The van der Waals surface area contributed by atoms with Crippen LogP contribution < -0.4 is 0 Å². The molecule has 1 fully saturated rings. The van der Waals surface area contributed by atoms with Crippen LogP contribution in [0.15, 0.2) is 0 Å². The summed E-state index contributed by atoms with van der Waals surface area (Å²) >= 11 is 0. The molecule has 1 aliphatic rings. The molecule has 0 N–H and O–H groups in total. The highest BCUT2D eigenvalue weighted by Crippen LogP contribution is 2.23. The molecule has 1 heterocycles. The van der Waals surface area contributed by atoms with E-state index in [9.17, 15) is 9.18 Å². The van der Waals surface area contributed by atoms with Gasteiger partial charge in [0, 0.05) is 19.9 Å². The first-order valence-corrected chi connectivity index (χ1v) is 3.52. The molecular weight excluding hydrogens is 133 g/mol. The fourth-order valence-electron chi connectivity index (χ4n) is 1.31. The maximum atomic E-state index is 12.8. The first-order valence-electron chi connectivity index (χ1n) is 3.52. The van der Waals surface area contributed by atoms with Crippen LogP contribution >= 0.6 is 0 Å². The molecule has 1 saturated heterocycles. The van der Waals surface area contributed by atoms with Gasteiger partial charge in [-0.2, -0.15) is 0 Å². The van der Waals surface area contributed by atoms with Crippen molar-refractivity contribution in [3.63, 3.8) is 0 Å². The Balaban J connectivity index is 2.54. The van der Waals surface area contributed by atoms with Crippen molar-refractivity contribution >= 4 is 5.91 Å². The minimum absolute atomic E-state index is 0.156. The van der Waals surface area contributed by atoms with Gasteiger partial charge in [0.2, 0.25) is 5.91 Å². The average Bonchev–Trinajstić information content (AvgIpc) is 2.10. The van der Waals surface area contributed by atoms with Crippen molar-refractivity contribution in [2.24, 2.45) is 5.92 Å². The predicted molar refractivity (Wildman–Crippen MR) is 36.1 cm³/mol. The van der Waals surface area contributed by atoms with Crippen LogP contribution in [0, 0.1) is 5.92 Å². The van der Waals surface area contributed by atoms with E-state index in [1.165, 1.54) is 11.8 Å². The molecule has 2 nitrogen and oxygen atoms in total. The van der Waals surface area contributed by atoms with Gasteiger partial charge in [-0.3, -0.25) is 4.79 Å². The van der Waals surface area contributed by atoms with Crippen molar-refractivity contribution in [1.29, 1.82) is 0 Å². The molecule has 2 atom stereocenters. The van der Waals surface area contributed by atoms with E-state index in [0.717, 1.165) is 0 Å². The number of alkyl halides is 1. The molecule has 0 spiro atoms. The number of likely N-dealkylation sites (tertiary alicyclic amines) is 1.